The number of rotatable bonds is 5. The molecule has 1 amide bonds. The van der Waals surface area contributed by atoms with Crippen LogP contribution in [-0.2, 0) is 4.74 Å². The summed E-state index contributed by atoms with van der Waals surface area (Å²) in [6, 6.07) is 13.6. The molecular weight excluding hydrogens is 342 g/mol. The number of benzene rings is 2. The van der Waals surface area contributed by atoms with Gasteiger partial charge in [-0.25, -0.2) is 4.79 Å². The lowest BCUT2D eigenvalue weighted by atomic mass is 9.89. The van der Waals surface area contributed by atoms with E-state index >= 15 is 0 Å². The lowest BCUT2D eigenvalue weighted by molar-refractivity contribution is 0.0174. The monoisotopic (exact) mass is 367 g/mol. The number of carbonyl (C=O) groups is 2. The first-order valence-electron chi connectivity index (χ1n) is 9.31. The van der Waals surface area contributed by atoms with Crippen LogP contribution in [0.3, 0.4) is 0 Å². The third kappa shape index (κ3) is 5.09. The van der Waals surface area contributed by atoms with Crippen LogP contribution in [0.1, 0.15) is 53.3 Å². The van der Waals surface area contributed by atoms with Crippen molar-refractivity contribution in [1.82, 2.24) is 0 Å². The van der Waals surface area contributed by atoms with E-state index in [9.17, 15) is 9.59 Å². The van der Waals surface area contributed by atoms with E-state index in [4.69, 9.17) is 9.47 Å². The van der Waals surface area contributed by atoms with Crippen molar-refractivity contribution in [2.24, 2.45) is 5.92 Å². The highest BCUT2D eigenvalue weighted by molar-refractivity contribution is 6.04. The largest absolute Gasteiger partial charge is 0.497 e. The first-order chi connectivity index (χ1) is 13.0. The molecule has 0 bridgehead atoms. The molecule has 27 heavy (non-hydrogen) atoms. The number of anilines is 1. The molecule has 5 nitrogen and oxygen atoms in total. The Morgan fingerprint density at radius 1 is 0.889 bits per heavy atom. The van der Waals surface area contributed by atoms with Gasteiger partial charge >= 0.3 is 5.97 Å². The van der Waals surface area contributed by atoms with Crippen LogP contribution >= 0.6 is 0 Å². The van der Waals surface area contributed by atoms with Crippen LogP contribution in [0.25, 0.3) is 0 Å². The molecule has 0 radical (unpaired) electrons. The molecule has 2 aromatic rings. The van der Waals surface area contributed by atoms with Gasteiger partial charge in [0.25, 0.3) is 5.91 Å². The van der Waals surface area contributed by atoms with Crippen molar-refractivity contribution in [3.63, 3.8) is 0 Å². The summed E-state index contributed by atoms with van der Waals surface area (Å²) in [5.41, 5.74) is 1.65. The highest BCUT2D eigenvalue weighted by atomic mass is 16.5. The Bertz CT molecular complexity index is 775. The zero-order chi connectivity index (χ0) is 19.2. The number of methoxy groups -OCH3 is 1. The second kappa shape index (κ2) is 8.71. The molecule has 0 atom stereocenters. The zero-order valence-electron chi connectivity index (χ0n) is 15.7. The predicted octanol–water partition coefficient (Wildman–Crippen LogP) is 4.68. The normalized spacial score (nSPS) is 19.2. The van der Waals surface area contributed by atoms with E-state index in [0.717, 1.165) is 25.7 Å². The summed E-state index contributed by atoms with van der Waals surface area (Å²) in [5, 5.41) is 2.82. The summed E-state index contributed by atoms with van der Waals surface area (Å²) in [6.07, 6.45) is 4.09. The number of hydrogen-bond donors (Lipinski definition) is 1. The Balaban J connectivity index is 1.56. The van der Waals surface area contributed by atoms with Crippen molar-refractivity contribution in [1.29, 1.82) is 0 Å². The fourth-order valence-electron chi connectivity index (χ4n) is 3.20. The molecule has 0 heterocycles. The van der Waals surface area contributed by atoms with E-state index in [1.54, 1.807) is 55.6 Å². The van der Waals surface area contributed by atoms with Gasteiger partial charge in [0, 0.05) is 11.3 Å². The topological polar surface area (TPSA) is 64.6 Å². The van der Waals surface area contributed by atoms with Gasteiger partial charge in [-0.15, -0.1) is 0 Å². The van der Waals surface area contributed by atoms with Gasteiger partial charge < -0.3 is 14.8 Å². The smallest absolute Gasteiger partial charge is 0.338 e. The summed E-state index contributed by atoms with van der Waals surface area (Å²) in [6.45, 7) is 2.23. The lowest BCUT2D eigenvalue weighted by Gasteiger charge is -2.26. The molecule has 1 N–H and O–H groups in total. The van der Waals surface area contributed by atoms with E-state index in [0.29, 0.717) is 28.5 Å². The number of ether oxygens (including phenoxy) is 2. The van der Waals surface area contributed by atoms with E-state index in [1.165, 1.54) is 0 Å². The molecule has 0 spiro atoms. The number of nitrogens with one attached hydrogen (secondary N) is 1. The van der Waals surface area contributed by atoms with Crippen molar-refractivity contribution in [2.75, 3.05) is 12.4 Å². The summed E-state index contributed by atoms with van der Waals surface area (Å²) in [5.74, 6) is 0.891. The maximum absolute atomic E-state index is 12.3. The number of esters is 1. The van der Waals surface area contributed by atoms with Gasteiger partial charge in [0.05, 0.1) is 12.7 Å². The fourth-order valence-corrected chi connectivity index (χ4v) is 3.20. The van der Waals surface area contributed by atoms with Crippen molar-refractivity contribution in [3.8, 4) is 5.75 Å². The Kier molecular flexibility index (Phi) is 6.12. The van der Waals surface area contributed by atoms with Gasteiger partial charge in [0.15, 0.2) is 0 Å². The minimum absolute atomic E-state index is 0.0168. The molecule has 1 saturated carbocycles. The van der Waals surface area contributed by atoms with E-state index in [1.807, 2.05) is 0 Å². The molecule has 0 unspecified atom stereocenters. The van der Waals surface area contributed by atoms with Gasteiger partial charge in [-0.1, -0.05) is 6.92 Å². The highest BCUT2D eigenvalue weighted by Crippen LogP contribution is 2.26. The second-order valence-electron chi connectivity index (χ2n) is 7.05. The number of hydrogen-bond acceptors (Lipinski definition) is 4. The van der Waals surface area contributed by atoms with Gasteiger partial charge in [0.1, 0.15) is 11.9 Å². The minimum Gasteiger partial charge on any atom is -0.497 e. The molecule has 5 heteroatoms. The molecule has 0 aromatic heterocycles. The average molecular weight is 367 g/mol. The Labute approximate surface area is 159 Å². The quantitative estimate of drug-likeness (QED) is 0.779. The van der Waals surface area contributed by atoms with Crippen molar-refractivity contribution < 1.29 is 19.1 Å². The summed E-state index contributed by atoms with van der Waals surface area (Å²) >= 11 is 0. The fraction of sp³-hybridized carbons (Fsp3) is 0.364. The molecule has 1 aliphatic rings. The molecule has 142 valence electrons. The SMILES string of the molecule is COc1ccc(C(=O)Nc2ccc(C(=O)OC3CCC(C)CC3)cc2)cc1. The minimum atomic E-state index is -0.303. The molecule has 0 aliphatic heterocycles. The summed E-state index contributed by atoms with van der Waals surface area (Å²) in [7, 11) is 1.58. The third-order valence-corrected chi connectivity index (χ3v) is 4.97. The van der Waals surface area contributed by atoms with Crippen molar-refractivity contribution >= 4 is 17.6 Å². The molecule has 1 aliphatic carbocycles. The van der Waals surface area contributed by atoms with Gasteiger partial charge in [-0.2, -0.15) is 0 Å². The van der Waals surface area contributed by atoms with Crippen LogP contribution in [0, 0.1) is 5.92 Å². The Hall–Kier alpha value is -2.82. The standard InChI is InChI=1S/C22H25NO4/c1-15-3-11-20(12-4-15)27-22(25)17-5-9-18(10-6-17)23-21(24)16-7-13-19(26-2)14-8-16/h5-10,13-15,20H,3-4,11-12H2,1-2H3,(H,23,24). The average Bonchev–Trinajstić information content (AvgIpc) is 2.70. The van der Waals surface area contributed by atoms with Crippen LogP contribution < -0.4 is 10.1 Å². The summed E-state index contributed by atoms with van der Waals surface area (Å²) in [4.78, 5) is 24.6. The Morgan fingerprint density at radius 2 is 1.48 bits per heavy atom. The lowest BCUT2D eigenvalue weighted by Crippen LogP contribution is -2.23. The van der Waals surface area contributed by atoms with Gasteiger partial charge in [-0.3, -0.25) is 4.79 Å². The number of carbonyl (C=O) groups excluding carboxylic acids is 2. The van der Waals surface area contributed by atoms with E-state index in [2.05, 4.69) is 12.2 Å². The first-order valence-corrected chi connectivity index (χ1v) is 9.31. The maximum atomic E-state index is 12.3. The molecule has 2 aromatic carbocycles. The van der Waals surface area contributed by atoms with Gasteiger partial charge in [0.2, 0.25) is 0 Å². The van der Waals surface area contributed by atoms with Crippen molar-refractivity contribution in [3.05, 3.63) is 59.7 Å². The zero-order valence-corrected chi connectivity index (χ0v) is 15.7. The predicted molar refractivity (Wildman–Crippen MR) is 104 cm³/mol. The molecule has 1 fully saturated rings. The van der Waals surface area contributed by atoms with Crippen LogP contribution in [0.4, 0.5) is 5.69 Å². The highest BCUT2D eigenvalue weighted by Gasteiger charge is 2.22. The third-order valence-electron chi connectivity index (χ3n) is 4.97. The van der Waals surface area contributed by atoms with E-state index in [-0.39, 0.29) is 18.0 Å². The Morgan fingerprint density at radius 3 is 2.07 bits per heavy atom. The van der Waals surface area contributed by atoms with E-state index < -0.39 is 0 Å². The molecule has 0 saturated heterocycles. The maximum Gasteiger partial charge on any atom is 0.338 e. The van der Waals surface area contributed by atoms with Gasteiger partial charge in [-0.05, 0) is 80.1 Å². The molecule has 3 rings (SSSR count). The summed E-state index contributed by atoms with van der Waals surface area (Å²) < 4.78 is 10.7. The number of amides is 1. The van der Waals surface area contributed by atoms with Crippen LogP contribution in [0.2, 0.25) is 0 Å². The second-order valence-corrected chi connectivity index (χ2v) is 7.05. The van der Waals surface area contributed by atoms with Crippen LogP contribution in [0.5, 0.6) is 5.75 Å². The first kappa shape index (κ1) is 19.0. The van der Waals surface area contributed by atoms with Crippen molar-refractivity contribution in [2.45, 2.75) is 38.7 Å². The van der Waals surface area contributed by atoms with Crippen LogP contribution in [0.15, 0.2) is 48.5 Å². The van der Waals surface area contributed by atoms with Crippen LogP contribution in [-0.4, -0.2) is 25.1 Å². The molecular formula is C22H25NO4.